The van der Waals surface area contributed by atoms with E-state index in [1.165, 1.54) is 18.2 Å². The lowest BCUT2D eigenvalue weighted by atomic mass is 9.78. The predicted molar refractivity (Wildman–Crippen MR) is 100 cm³/mol. The highest BCUT2D eigenvalue weighted by atomic mass is 16.5. The van der Waals surface area contributed by atoms with Gasteiger partial charge in [-0.15, -0.1) is 0 Å². The van der Waals surface area contributed by atoms with E-state index in [1.807, 2.05) is 0 Å². The molecule has 2 N–H and O–H groups in total. The average molecular weight is 391 g/mol. The summed E-state index contributed by atoms with van der Waals surface area (Å²) < 4.78 is 9.93. The fourth-order valence-corrected chi connectivity index (χ4v) is 3.34. The predicted octanol–water partition coefficient (Wildman–Crippen LogP) is 2.87. The maximum absolute atomic E-state index is 12.7. The van der Waals surface area contributed by atoms with Gasteiger partial charge in [-0.05, 0) is 44.9 Å². The van der Waals surface area contributed by atoms with Crippen LogP contribution in [-0.4, -0.2) is 42.1 Å². The fourth-order valence-electron chi connectivity index (χ4n) is 3.34. The molecule has 28 heavy (non-hydrogen) atoms. The van der Waals surface area contributed by atoms with Crippen molar-refractivity contribution in [1.82, 2.24) is 0 Å². The van der Waals surface area contributed by atoms with Gasteiger partial charge in [0.05, 0.1) is 36.2 Å². The summed E-state index contributed by atoms with van der Waals surface area (Å²) in [6, 6.07) is 4.14. The van der Waals surface area contributed by atoms with Crippen molar-refractivity contribution in [2.24, 2.45) is 11.8 Å². The van der Waals surface area contributed by atoms with Crippen LogP contribution in [0.4, 0.5) is 5.69 Å². The highest BCUT2D eigenvalue weighted by molar-refractivity contribution is 6.00. The van der Waals surface area contributed by atoms with Gasteiger partial charge in [-0.25, -0.2) is 9.59 Å². The van der Waals surface area contributed by atoms with Crippen LogP contribution in [0.2, 0.25) is 0 Å². The Morgan fingerprint density at radius 3 is 1.89 bits per heavy atom. The molecule has 152 valence electrons. The molecule has 1 aliphatic rings. The highest BCUT2D eigenvalue weighted by Crippen LogP contribution is 2.31. The molecule has 1 amide bonds. The van der Waals surface area contributed by atoms with E-state index in [1.54, 1.807) is 13.8 Å². The Kier molecular flexibility index (Phi) is 7.54. The van der Waals surface area contributed by atoms with Crippen LogP contribution in [0.1, 0.15) is 60.2 Å². The van der Waals surface area contributed by atoms with Crippen molar-refractivity contribution in [2.75, 3.05) is 18.5 Å². The van der Waals surface area contributed by atoms with Gasteiger partial charge in [0, 0.05) is 5.69 Å². The van der Waals surface area contributed by atoms with Crippen molar-refractivity contribution in [3.63, 3.8) is 0 Å². The number of anilines is 1. The Morgan fingerprint density at radius 1 is 0.929 bits per heavy atom. The Bertz CT molecular complexity index is 723. The zero-order valence-electron chi connectivity index (χ0n) is 16.0. The smallest absolute Gasteiger partial charge is 0.338 e. The standard InChI is InChI=1S/C20H25NO7/c1-3-27-19(25)12-9-13(20(26)28-4-2)11-14(10-12)21-17(22)15-7-5-6-8-16(15)18(23)24/h9-11,15-16H,3-8H2,1-2H3,(H,21,22)(H,23,24)/t15-,16+/m1/s1. The summed E-state index contributed by atoms with van der Waals surface area (Å²) in [5, 5.41) is 12.0. The molecule has 1 saturated carbocycles. The van der Waals surface area contributed by atoms with Crippen LogP contribution in [0.5, 0.6) is 0 Å². The topological polar surface area (TPSA) is 119 Å². The lowest BCUT2D eigenvalue weighted by molar-refractivity contribution is -0.147. The van der Waals surface area contributed by atoms with E-state index in [0.29, 0.717) is 12.8 Å². The number of ether oxygens (including phenoxy) is 2. The molecule has 0 radical (unpaired) electrons. The summed E-state index contributed by atoms with van der Waals surface area (Å²) in [7, 11) is 0. The third kappa shape index (κ3) is 5.31. The maximum atomic E-state index is 12.7. The zero-order chi connectivity index (χ0) is 20.7. The molecule has 1 fully saturated rings. The molecule has 0 bridgehead atoms. The number of carboxylic acid groups (broad SMARTS) is 1. The molecule has 2 rings (SSSR count). The van der Waals surface area contributed by atoms with Crippen LogP contribution in [0.25, 0.3) is 0 Å². The lowest BCUT2D eigenvalue weighted by Crippen LogP contribution is -2.36. The molecule has 8 heteroatoms. The third-order valence-corrected chi connectivity index (χ3v) is 4.64. The summed E-state index contributed by atoms with van der Waals surface area (Å²) in [5.74, 6) is -4.11. The molecule has 2 atom stereocenters. The third-order valence-electron chi connectivity index (χ3n) is 4.64. The number of nitrogens with one attached hydrogen (secondary N) is 1. The number of rotatable bonds is 7. The first-order valence-corrected chi connectivity index (χ1v) is 9.40. The number of carbonyl (C=O) groups excluding carboxylic acids is 3. The van der Waals surface area contributed by atoms with Crippen molar-refractivity contribution in [3.8, 4) is 0 Å². The van der Waals surface area contributed by atoms with Crippen LogP contribution in [0, 0.1) is 11.8 Å². The van der Waals surface area contributed by atoms with E-state index in [-0.39, 0.29) is 30.0 Å². The summed E-state index contributed by atoms with van der Waals surface area (Å²) in [5.41, 5.74) is 0.413. The molecule has 1 aromatic rings. The van der Waals surface area contributed by atoms with Crippen molar-refractivity contribution in [1.29, 1.82) is 0 Å². The number of hydrogen-bond donors (Lipinski definition) is 2. The van der Waals surface area contributed by atoms with Gasteiger partial charge in [0.1, 0.15) is 0 Å². The molecule has 0 heterocycles. The van der Waals surface area contributed by atoms with Gasteiger partial charge in [-0.2, -0.15) is 0 Å². The van der Waals surface area contributed by atoms with Gasteiger partial charge in [-0.1, -0.05) is 12.8 Å². The van der Waals surface area contributed by atoms with Crippen LogP contribution in [0.15, 0.2) is 18.2 Å². The van der Waals surface area contributed by atoms with E-state index in [0.717, 1.165) is 12.8 Å². The number of aliphatic carboxylic acids is 1. The molecule has 0 spiro atoms. The first kappa shape index (κ1) is 21.4. The van der Waals surface area contributed by atoms with Crippen molar-refractivity contribution < 1.29 is 33.8 Å². The summed E-state index contributed by atoms with van der Waals surface area (Å²) >= 11 is 0. The first-order chi connectivity index (χ1) is 13.4. The van der Waals surface area contributed by atoms with Crippen LogP contribution in [0.3, 0.4) is 0 Å². The molecular formula is C20H25NO7. The SMILES string of the molecule is CCOC(=O)c1cc(NC(=O)[C@@H]2CCCC[C@@H]2C(=O)O)cc(C(=O)OCC)c1. The molecular weight excluding hydrogens is 366 g/mol. The number of hydrogen-bond acceptors (Lipinski definition) is 6. The second-order valence-corrected chi connectivity index (χ2v) is 6.56. The van der Waals surface area contributed by atoms with Gasteiger partial charge in [-0.3, -0.25) is 9.59 Å². The largest absolute Gasteiger partial charge is 0.481 e. The molecule has 0 unspecified atom stereocenters. The monoisotopic (exact) mass is 391 g/mol. The van der Waals surface area contributed by atoms with E-state index < -0.39 is 35.7 Å². The number of benzene rings is 1. The first-order valence-electron chi connectivity index (χ1n) is 9.40. The Hall–Kier alpha value is -2.90. The van der Waals surface area contributed by atoms with Crippen molar-refractivity contribution in [3.05, 3.63) is 29.3 Å². The van der Waals surface area contributed by atoms with Gasteiger partial charge in [0.25, 0.3) is 0 Å². The fraction of sp³-hybridized carbons (Fsp3) is 0.500. The second-order valence-electron chi connectivity index (χ2n) is 6.56. The van der Waals surface area contributed by atoms with E-state index in [9.17, 15) is 24.3 Å². The minimum Gasteiger partial charge on any atom is -0.481 e. The highest BCUT2D eigenvalue weighted by Gasteiger charge is 2.35. The molecule has 0 aliphatic heterocycles. The van der Waals surface area contributed by atoms with E-state index >= 15 is 0 Å². The van der Waals surface area contributed by atoms with Crippen LogP contribution >= 0.6 is 0 Å². The second kappa shape index (κ2) is 9.87. The Labute approximate surface area is 163 Å². The molecule has 1 aromatic carbocycles. The normalized spacial score (nSPS) is 18.8. The van der Waals surface area contributed by atoms with Crippen molar-refractivity contribution >= 4 is 29.5 Å². The van der Waals surface area contributed by atoms with Crippen molar-refractivity contribution in [2.45, 2.75) is 39.5 Å². The maximum Gasteiger partial charge on any atom is 0.338 e. The van der Waals surface area contributed by atoms with Crippen LogP contribution < -0.4 is 5.32 Å². The summed E-state index contributed by atoms with van der Waals surface area (Å²) in [4.78, 5) is 48.3. The average Bonchev–Trinajstić information content (AvgIpc) is 2.68. The molecule has 8 nitrogen and oxygen atoms in total. The lowest BCUT2D eigenvalue weighted by Gasteiger charge is -2.27. The zero-order valence-corrected chi connectivity index (χ0v) is 16.0. The molecule has 1 aliphatic carbocycles. The molecule has 0 saturated heterocycles. The van der Waals surface area contributed by atoms with Gasteiger partial charge in [0.2, 0.25) is 5.91 Å². The quantitative estimate of drug-likeness (QED) is 0.686. The minimum absolute atomic E-state index is 0.0983. The Morgan fingerprint density at radius 2 is 1.43 bits per heavy atom. The van der Waals surface area contributed by atoms with E-state index in [2.05, 4.69) is 5.32 Å². The summed E-state index contributed by atoms with van der Waals surface area (Å²) in [6.07, 6.45) is 2.47. The van der Waals surface area contributed by atoms with Gasteiger partial charge in [0.15, 0.2) is 0 Å². The molecule has 0 aromatic heterocycles. The van der Waals surface area contributed by atoms with Gasteiger partial charge < -0.3 is 19.9 Å². The van der Waals surface area contributed by atoms with Crippen LogP contribution in [-0.2, 0) is 19.1 Å². The van der Waals surface area contributed by atoms with Gasteiger partial charge >= 0.3 is 17.9 Å². The van der Waals surface area contributed by atoms with E-state index in [4.69, 9.17) is 9.47 Å². The number of amides is 1. The number of carbonyl (C=O) groups is 4. The number of carboxylic acids is 1. The summed E-state index contributed by atoms with van der Waals surface area (Å²) in [6.45, 7) is 3.63. The Balaban J connectivity index is 2.29. The minimum atomic E-state index is -0.993. The number of esters is 2.